The summed E-state index contributed by atoms with van der Waals surface area (Å²) < 4.78 is 6.69. The zero-order valence-corrected chi connectivity index (χ0v) is 20.8. The van der Waals surface area contributed by atoms with Crippen molar-refractivity contribution in [3.05, 3.63) is 59.6 Å². The molecular weight excluding hydrogens is 482 g/mol. The largest absolute Gasteiger partial charge is 0.396 e. The molecule has 8 nitrogen and oxygen atoms in total. The SMILES string of the molecule is CC[C@@]12CCC3(O1)C(C(=O)Nc1ccccc1Cl)N(CCCO)C(=O)[C@@H]3[C@@H]2C(=O)Nc1ccccc1. The molecule has 5 rings (SSSR count). The maximum absolute atomic E-state index is 13.9. The molecular formula is C27H30ClN3O5. The highest BCUT2D eigenvalue weighted by molar-refractivity contribution is 6.33. The third-order valence-corrected chi connectivity index (χ3v) is 8.27. The van der Waals surface area contributed by atoms with E-state index in [1.54, 1.807) is 36.4 Å². The Hall–Kier alpha value is -2.94. The highest BCUT2D eigenvalue weighted by Gasteiger charge is 2.78. The molecule has 0 aromatic heterocycles. The first-order valence-corrected chi connectivity index (χ1v) is 12.8. The van der Waals surface area contributed by atoms with E-state index in [1.807, 2.05) is 25.1 Å². The van der Waals surface area contributed by atoms with Gasteiger partial charge < -0.3 is 25.4 Å². The number of carbonyl (C=O) groups is 3. The molecule has 2 aromatic carbocycles. The van der Waals surface area contributed by atoms with Crippen LogP contribution in [0.1, 0.15) is 32.6 Å². The van der Waals surface area contributed by atoms with Gasteiger partial charge in [-0.2, -0.15) is 0 Å². The van der Waals surface area contributed by atoms with E-state index in [2.05, 4.69) is 10.6 Å². The number of likely N-dealkylation sites (tertiary alicyclic amines) is 1. The minimum atomic E-state index is -1.13. The molecule has 2 bridgehead atoms. The third-order valence-electron chi connectivity index (χ3n) is 7.94. The van der Waals surface area contributed by atoms with Crippen molar-refractivity contribution in [3.63, 3.8) is 0 Å². The van der Waals surface area contributed by atoms with Crippen molar-refractivity contribution < 1.29 is 24.2 Å². The summed E-state index contributed by atoms with van der Waals surface area (Å²) >= 11 is 6.29. The molecule has 36 heavy (non-hydrogen) atoms. The van der Waals surface area contributed by atoms with Crippen molar-refractivity contribution in [3.8, 4) is 0 Å². The molecule has 0 saturated carbocycles. The van der Waals surface area contributed by atoms with Crippen molar-refractivity contribution in [2.75, 3.05) is 23.8 Å². The third kappa shape index (κ3) is 3.79. The highest BCUT2D eigenvalue weighted by Crippen LogP contribution is 2.64. The monoisotopic (exact) mass is 511 g/mol. The number of aliphatic hydroxyl groups is 1. The van der Waals surface area contributed by atoms with Gasteiger partial charge in [0.2, 0.25) is 17.7 Å². The average molecular weight is 512 g/mol. The van der Waals surface area contributed by atoms with Crippen molar-refractivity contribution in [1.29, 1.82) is 0 Å². The number of rotatable bonds is 8. The quantitative estimate of drug-likeness (QED) is 0.503. The predicted molar refractivity (Wildman–Crippen MR) is 135 cm³/mol. The van der Waals surface area contributed by atoms with Crippen molar-refractivity contribution in [1.82, 2.24) is 4.90 Å². The van der Waals surface area contributed by atoms with Gasteiger partial charge in [0, 0.05) is 18.8 Å². The zero-order chi connectivity index (χ0) is 25.5. The van der Waals surface area contributed by atoms with Crippen LogP contribution < -0.4 is 10.6 Å². The molecule has 190 valence electrons. The summed E-state index contributed by atoms with van der Waals surface area (Å²) in [5.74, 6) is -2.51. The number of carbonyl (C=O) groups excluding carboxylic acids is 3. The topological polar surface area (TPSA) is 108 Å². The van der Waals surface area contributed by atoms with Gasteiger partial charge in [-0.1, -0.05) is 48.9 Å². The Kier molecular flexibility index (Phi) is 6.53. The van der Waals surface area contributed by atoms with Crippen LogP contribution in [0.3, 0.4) is 0 Å². The first-order chi connectivity index (χ1) is 17.4. The number of nitrogens with one attached hydrogen (secondary N) is 2. The maximum Gasteiger partial charge on any atom is 0.250 e. The van der Waals surface area contributed by atoms with Crippen LogP contribution >= 0.6 is 11.6 Å². The van der Waals surface area contributed by atoms with Gasteiger partial charge in [-0.3, -0.25) is 14.4 Å². The van der Waals surface area contributed by atoms with Crippen LogP contribution in [0.4, 0.5) is 11.4 Å². The fourth-order valence-corrected chi connectivity index (χ4v) is 6.59. The second-order valence-corrected chi connectivity index (χ2v) is 10.2. The second-order valence-electron chi connectivity index (χ2n) is 9.77. The van der Waals surface area contributed by atoms with Crippen molar-refractivity contribution in [2.45, 2.75) is 49.9 Å². The summed E-state index contributed by atoms with van der Waals surface area (Å²) in [7, 11) is 0. The smallest absolute Gasteiger partial charge is 0.250 e. The molecule has 5 atom stereocenters. The van der Waals surface area contributed by atoms with E-state index in [9.17, 15) is 19.5 Å². The van der Waals surface area contributed by atoms with Crippen LogP contribution in [0.15, 0.2) is 54.6 Å². The van der Waals surface area contributed by atoms with Crippen LogP contribution in [-0.4, -0.2) is 58.1 Å². The molecule has 3 aliphatic heterocycles. The van der Waals surface area contributed by atoms with Crippen LogP contribution in [-0.2, 0) is 19.1 Å². The Morgan fingerprint density at radius 1 is 1.08 bits per heavy atom. The van der Waals surface area contributed by atoms with E-state index in [-0.39, 0.29) is 25.0 Å². The Morgan fingerprint density at radius 3 is 2.50 bits per heavy atom. The van der Waals surface area contributed by atoms with E-state index >= 15 is 0 Å². The number of hydrogen-bond acceptors (Lipinski definition) is 5. The zero-order valence-electron chi connectivity index (χ0n) is 20.1. The number of ether oxygens (including phenoxy) is 1. The number of benzene rings is 2. The molecule has 1 spiro atoms. The molecule has 0 aliphatic carbocycles. The number of para-hydroxylation sites is 2. The van der Waals surface area contributed by atoms with Gasteiger partial charge in [0.25, 0.3) is 0 Å². The summed E-state index contributed by atoms with van der Waals surface area (Å²) in [5, 5.41) is 15.7. The first kappa shape index (κ1) is 24.7. The number of amides is 3. The lowest BCUT2D eigenvalue weighted by Crippen LogP contribution is -2.53. The molecule has 3 N–H and O–H groups in total. The summed E-state index contributed by atoms with van der Waals surface area (Å²) in [6.45, 7) is 2.01. The van der Waals surface area contributed by atoms with Crippen molar-refractivity contribution in [2.24, 2.45) is 11.8 Å². The molecule has 3 aliphatic rings. The fraction of sp³-hybridized carbons (Fsp3) is 0.444. The molecule has 0 radical (unpaired) electrons. The van der Waals surface area contributed by atoms with Crippen LogP contribution in [0.25, 0.3) is 0 Å². The second kappa shape index (κ2) is 9.50. The summed E-state index contributed by atoms with van der Waals surface area (Å²) in [6.07, 6.45) is 1.91. The minimum absolute atomic E-state index is 0.127. The summed E-state index contributed by atoms with van der Waals surface area (Å²) in [6, 6.07) is 15.1. The van der Waals surface area contributed by atoms with Gasteiger partial charge in [0.05, 0.1) is 28.1 Å². The maximum atomic E-state index is 13.9. The molecule has 3 saturated heterocycles. The van der Waals surface area contributed by atoms with Gasteiger partial charge >= 0.3 is 0 Å². The molecule has 3 heterocycles. The minimum Gasteiger partial charge on any atom is -0.396 e. The summed E-state index contributed by atoms with van der Waals surface area (Å²) in [5.41, 5.74) is -0.881. The van der Waals surface area contributed by atoms with E-state index in [0.717, 1.165) is 0 Å². The van der Waals surface area contributed by atoms with E-state index in [1.165, 1.54) is 4.90 Å². The normalized spacial score (nSPS) is 30.4. The molecule has 9 heteroatoms. The molecule has 3 amide bonds. The van der Waals surface area contributed by atoms with Crippen LogP contribution in [0, 0.1) is 11.8 Å². The number of fused-ring (bicyclic) bond motifs is 1. The van der Waals surface area contributed by atoms with Crippen molar-refractivity contribution >= 4 is 40.7 Å². The van der Waals surface area contributed by atoms with E-state index in [0.29, 0.717) is 42.1 Å². The fourth-order valence-electron chi connectivity index (χ4n) is 6.40. The van der Waals surface area contributed by atoms with E-state index < -0.39 is 35.0 Å². The van der Waals surface area contributed by atoms with Gasteiger partial charge in [-0.15, -0.1) is 0 Å². The first-order valence-electron chi connectivity index (χ1n) is 12.4. The Bertz CT molecular complexity index is 1180. The number of anilines is 2. The van der Waals surface area contributed by atoms with Gasteiger partial charge in [0.1, 0.15) is 11.6 Å². The van der Waals surface area contributed by atoms with Gasteiger partial charge in [-0.05, 0) is 49.9 Å². The molecule has 2 aromatic rings. The van der Waals surface area contributed by atoms with Gasteiger partial charge in [0.15, 0.2) is 0 Å². The summed E-state index contributed by atoms with van der Waals surface area (Å²) in [4.78, 5) is 42.8. The predicted octanol–water partition coefficient (Wildman–Crippen LogP) is 3.45. The molecule has 3 fully saturated rings. The number of hydrogen-bond donors (Lipinski definition) is 3. The van der Waals surface area contributed by atoms with Crippen LogP contribution in [0.5, 0.6) is 0 Å². The lowest BCUT2D eigenvalue weighted by Gasteiger charge is -2.34. The van der Waals surface area contributed by atoms with Crippen LogP contribution in [0.2, 0.25) is 5.02 Å². The Morgan fingerprint density at radius 2 is 1.81 bits per heavy atom. The standard InChI is InChI=1S/C27H30ClN3O5/c1-2-26-13-14-27(36-26)21(20(26)23(33)29-17-9-4-3-5-10-17)25(35)31(15-8-16-32)22(27)24(34)30-19-12-7-6-11-18(19)28/h3-7,9-12,20-22,32H,2,8,13-16H2,1H3,(H,29,33)(H,30,34)/t20-,21+,22?,26+,27?/m1/s1. The number of aliphatic hydroxyl groups excluding tert-OH is 1. The number of halogens is 1. The average Bonchev–Trinajstić information content (AvgIpc) is 3.48. The number of nitrogens with zero attached hydrogens (tertiary/aromatic N) is 1. The molecule has 2 unspecified atom stereocenters. The Labute approximate surface area is 215 Å². The van der Waals surface area contributed by atoms with Gasteiger partial charge in [-0.25, -0.2) is 0 Å². The lowest BCUT2D eigenvalue weighted by atomic mass is 9.65. The highest BCUT2D eigenvalue weighted by atomic mass is 35.5. The Balaban J connectivity index is 1.52. The lowest BCUT2D eigenvalue weighted by molar-refractivity contribution is -0.144. The van der Waals surface area contributed by atoms with E-state index in [4.69, 9.17) is 16.3 Å².